The van der Waals surface area contributed by atoms with Crippen LogP contribution in [0.25, 0.3) is 0 Å². The van der Waals surface area contributed by atoms with Crippen LogP contribution in [0.15, 0.2) is 0 Å². The van der Waals surface area contributed by atoms with Crippen LogP contribution in [0.3, 0.4) is 0 Å². The zero-order valence-corrected chi connectivity index (χ0v) is 8.55. The molecular weight excluding hydrogens is 164 g/mol. The van der Waals surface area contributed by atoms with Crippen LogP contribution in [-0.4, -0.2) is 18.5 Å². The van der Waals surface area contributed by atoms with E-state index < -0.39 is 0 Å². The average molecular weight is 184 g/mol. The summed E-state index contributed by atoms with van der Waals surface area (Å²) in [6.45, 7) is 2.97. The van der Waals surface area contributed by atoms with Gasteiger partial charge in [-0.3, -0.25) is 4.79 Å². The van der Waals surface area contributed by atoms with Crippen molar-refractivity contribution in [2.45, 2.75) is 58.0 Å². The van der Waals surface area contributed by atoms with Crippen molar-refractivity contribution in [2.24, 2.45) is 0 Å². The summed E-state index contributed by atoms with van der Waals surface area (Å²) in [5, 5.41) is 0. The summed E-state index contributed by atoms with van der Waals surface area (Å²) in [6.07, 6.45) is 7.25. The number of rotatable bonds is 5. The van der Waals surface area contributed by atoms with E-state index in [4.69, 9.17) is 4.74 Å². The molecule has 2 nitrogen and oxygen atoms in total. The second kappa shape index (κ2) is 6.14. The van der Waals surface area contributed by atoms with Crippen molar-refractivity contribution < 1.29 is 9.53 Å². The van der Waals surface area contributed by atoms with Crippen molar-refractivity contribution in [3.63, 3.8) is 0 Å². The molecule has 1 aliphatic rings. The van der Waals surface area contributed by atoms with Crippen LogP contribution >= 0.6 is 0 Å². The molecule has 1 unspecified atom stereocenters. The summed E-state index contributed by atoms with van der Waals surface area (Å²) >= 11 is 0. The monoisotopic (exact) mass is 184 g/mol. The molecule has 0 aromatic carbocycles. The summed E-state index contributed by atoms with van der Waals surface area (Å²) < 4.78 is 5.51. The molecule has 0 amide bonds. The number of ether oxygens (including phenoxy) is 1. The molecule has 1 heterocycles. The number of Topliss-reactive ketones (excluding diaryl/α,β-unsaturated/α-hetero) is 1. The van der Waals surface area contributed by atoms with Gasteiger partial charge in [-0.25, -0.2) is 0 Å². The Morgan fingerprint density at radius 1 is 1.46 bits per heavy atom. The first-order valence-corrected chi connectivity index (χ1v) is 5.46. The maximum Gasteiger partial charge on any atom is 0.135 e. The first kappa shape index (κ1) is 10.7. The topological polar surface area (TPSA) is 26.3 Å². The van der Waals surface area contributed by atoms with Gasteiger partial charge in [0.15, 0.2) is 0 Å². The summed E-state index contributed by atoms with van der Waals surface area (Å²) in [6, 6.07) is 0. The van der Waals surface area contributed by atoms with Gasteiger partial charge in [0.25, 0.3) is 0 Å². The predicted molar refractivity (Wildman–Crippen MR) is 52.7 cm³/mol. The normalized spacial score (nSPS) is 23.0. The number of hydrogen-bond acceptors (Lipinski definition) is 2. The van der Waals surface area contributed by atoms with E-state index in [-0.39, 0.29) is 6.10 Å². The molecule has 0 saturated carbocycles. The van der Waals surface area contributed by atoms with E-state index in [9.17, 15) is 4.79 Å². The Morgan fingerprint density at radius 2 is 2.31 bits per heavy atom. The fourth-order valence-corrected chi connectivity index (χ4v) is 1.70. The van der Waals surface area contributed by atoms with Gasteiger partial charge >= 0.3 is 0 Å². The SMILES string of the molecule is CCCCC(=O)CC1CCCCO1. The van der Waals surface area contributed by atoms with E-state index in [2.05, 4.69) is 6.92 Å². The van der Waals surface area contributed by atoms with Crippen LogP contribution in [0.1, 0.15) is 51.9 Å². The summed E-state index contributed by atoms with van der Waals surface area (Å²) in [5.74, 6) is 0.383. The van der Waals surface area contributed by atoms with Gasteiger partial charge in [-0.1, -0.05) is 13.3 Å². The molecule has 0 N–H and O–H groups in total. The molecule has 0 radical (unpaired) electrons. The third kappa shape index (κ3) is 4.41. The Kier molecular flexibility index (Phi) is 5.06. The minimum absolute atomic E-state index is 0.234. The zero-order valence-electron chi connectivity index (χ0n) is 8.55. The van der Waals surface area contributed by atoms with Gasteiger partial charge in [-0.2, -0.15) is 0 Å². The highest BCUT2D eigenvalue weighted by atomic mass is 16.5. The fourth-order valence-electron chi connectivity index (χ4n) is 1.70. The molecule has 1 aliphatic heterocycles. The smallest absolute Gasteiger partial charge is 0.135 e. The van der Waals surface area contributed by atoms with Gasteiger partial charge in [-0.05, 0) is 25.7 Å². The molecule has 2 heteroatoms. The quantitative estimate of drug-likeness (QED) is 0.656. The van der Waals surface area contributed by atoms with Crippen molar-refractivity contribution in [1.29, 1.82) is 0 Å². The third-order valence-corrected chi connectivity index (χ3v) is 2.54. The molecule has 0 aromatic heterocycles. The van der Waals surface area contributed by atoms with Gasteiger partial charge < -0.3 is 4.74 Å². The van der Waals surface area contributed by atoms with E-state index in [0.717, 1.165) is 32.3 Å². The second-order valence-electron chi connectivity index (χ2n) is 3.83. The van der Waals surface area contributed by atoms with Crippen LogP contribution < -0.4 is 0 Å². The third-order valence-electron chi connectivity index (χ3n) is 2.54. The number of carbonyl (C=O) groups excluding carboxylic acids is 1. The molecule has 0 bridgehead atoms. The molecule has 1 saturated heterocycles. The lowest BCUT2D eigenvalue weighted by molar-refractivity contribution is -0.122. The standard InChI is InChI=1S/C11H20O2/c1-2-3-6-10(12)9-11-7-4-5-8-13-11/h11H,2-9H2,1H3. The molecule has 1 atom stereocenters. The van der Waals surface area contributed by atoms with E-state index in [0.29, 0.717) is 12.2 Å². The van der Waals surface area contributed by atoms with Crippen LogP contribution in [0.5, 0.6) is 0 Å². The number of ketones is 1. The molecule has 1 rings (SSSR count). The molecule has 0 aromatic rings. The molecular formula is C11H20O2. The average Bonchev–Trinajstić information content (AvgIpc) is 2.16. The Labute approximate surface area is 80.7 Å². The van der Waals surface area contributed by atoms with E-state index in [1.807, 2.05) is 0 Å². The van der Waals surface area contributed by atoms with Gasteiger partial charge in [0.1, 0.15) is 5.78 Å². The fraction of sp³-hybridized carbons (Fsp3) is 0.909. The Morgan fingerprint density at radius 3 is 2.92 bits per heavy atom. The number of carbonyl (C=O) groups is 1. The van der Waals surface area contributed by atoms with Crippen LogP contribution in [-0.2, 0) is 9.53 Å². The van der Waals surface area contributed by atoms with Crippen molar-refractivity contribution in [3.05, 3.63) is 0 Å². The van der Waals surface area contributed by atoms with Crippen molar-refractivity contribution in [1.82, 2.24) is 0 Å². The van der Waals surface area contributed by atoms with Crippen molar-refractivity contribution in [3.8, 4) is 0 Å². The molecule has 0 aliphatic carbocycles. The zero-order chi connectivity index (χ0) is 9.52. The van der Waals surface area contributed by atoms with E-state index in [1.54, 1.807) is 0 Å². The van der Waals surface area contributed by atoms with Crippen LogP contribution in [0, 0.1) is 0 Å². The Hall–Kier alpha value is -0.370. The predicted octanol–water partition coefficient (Wildman–Crippen LogP) is 2.70. The van der Waals surface area contributed by atoms with Crippen LogP contribution in [0.2, 0.25) is 0 Å². The summed E-state index contributed by atoms with van der Waals surface area (Å²) in [4.78, 5) is 11.4. The first-order chi connectivity index (χ1) is 6.33. The lowest BCUT2D eigenvalue weighted by Gasteiger charge is -2.21. The molecule has 0 spiro atoms. The molecule has 13 heavy (non-hydrogen) atoms. The minimum atomic E-state index is 0.234. The maximum atomic E-state index is 11.4. The lowest BCUT2D eigenvalue weighted by Crippen LogP contribution is -2.22. The maximum absolute atomic E-state index is 11.4. The highest BCUT2D eigenvalue weighted by molar-refractivity contribution is 5.78. The minimum Gasteiger partial charge on any atom is -0.378 e. The van der Waals surface area contributed by atoms with Crippen LogP contribution in [0.4, 0.5) is 0 Å². The first-order valence-electron chi connectivity index (χ1n) is 5.46. The van der Waals surface area contributed by atoms with Gasteiger partial charge in [0.2, 0.25) is 0 Å². The van der Waals surface area contributed by atoms with Gasteiger partial charge in [0, 0.05) is 19.4 Å². The highest BCUT2D eigenvalue weighted by Gasteiger charge is 2.16. The number of hydrogen-bond donors (Lipinski definition) is 0. The highest BCUT2D eigenvalue weighted by Crippen LogP contribution is 2.16. The Balaban J connectivity index is 2.11. The lowest BCUT2D eigenvalue weighted by atomic mass is 10.0. The second-order valence-corrected chi connectivity index (χ2v) is 3.83. The summed E-state index contributed by atoms with van der Waals surface area (Å²) in [7, 11) is 0. The molecule has 1 fully saturated rings. The van der Waals surface area contributed by atoms with E-state index in [1.165, 1.54) is 12.8 Å². The largest absolute Gasteiger partial charge is 0.378 e. The van der Waals surface area contributed by atoms with E-state index >= 15 is 0 Å². The van der Waals surface area contributed by atoms with Gasteiger partial charge in [0.05, 0.1) is 6.10 Å². The summed E-state index contributed by atoms with van der Waals surface area (Å²) in [5.41, 5.74) is 0. The Bertz CT molecular complexity index is 148. The van der Waals surface area contributed by atoms with Crippen molar-refractivity contribution >= 4 is 5.78 Å². The van der Waals surface area contributed by atoms with Crippen molar-refractivity contribution in [2.75, 3.05) is 6.61 Å². The number of unbranched alkanes of at least 4 members (excludes halogenated alkanes) is 1. The molecule has 76 valence electrons. The van der Waals surface area contributed by atoms with Gasteiger partial charge in [-0.15, -0.1) is 0 Å².